The topological polar surface area (TPSA) is 287 Å². The van der Waals surface area contributed by atoms with Gasteiger partial charge in [-0.1, -0.05) is 7.43 Å². The molecule has 19 nitrogen and oxygen atoms in total. The van der Waals surface area contributed by atoms with E-state index < -0.39 is 92.7 Å². The zero-order valence-corrected chi connectivity index (χ0v) is 18.5. The number of aliphatic hydroxyl groups is 8. The second-order valence-corrected chi connectivity index (χ2v) is 7.97. The molecule has 3 aliphatic rings. The Bertz CT molecular complexity index is 770. The molecule has 0 aromatic carbocycles. The minimum atomic E-state index is -2.09. The highest BCUT2D eigenvalue weighted by molar-refractivity contribution is 5.38. The van der Waals surface area contributed by atoms with E-state index in [4.69, 9.17) is 23.7 Å². The SMILES string of the molecule is C.O=COC1O[C@@H](O[C@@H]2C(OC=O)O[C@@H](O[C@@H]3C(OC=O)O[C@@H](O)C(O)C3O)[C@H](O)C2O)C(O)C(O)[C@@H]1O. The van der Waals surface area contributed by atoms with Gasteiger partial charge in [0.2, 0.25) is 18.9 Å². The molecule has 0 aromatic rings. The van der Waals surface area contributed by atoms with Gasteiger partial charge in [-0.05, 0) is 0 Å². The number of rotatable bonds is 10. The van der Waals surface area contributed by atoms with E-state index in [2.05, 4.69) is 14.2 Å². The van der Waals surface area contributed by atoms with Crippen LogP contribution in [0, 0.1) is 0 Å². The van der Waals surface area contributed by atoms with Gasteiger partial charge in [0, 0.05) is 0 Å². The normalized spacial score (nSPS) is 47.2. The van der Waals surface area contributed by atoms with Gasteiger partial charge < -0.3 is 78.7 Å². The predicted octanol–water partition coefficient (Wildman–Crippen LogP) is -6.52. The molecule has 15 atom stereocenters. The van der Waals surface area contributed by atoms with Crippen LogP contribution in [0.5, 0.6) is 0 Å². The lowest BCUT2D eigenvalue weighted by atomic mass is 10.0. The molecule has 3 aliphatic heterocycles. The van der Waals surface area contributed by atoms with E-state index in [9.17, 15) is 55.2 Å². The van der Waals surface area contributed by atoms with E-state index in [1.54, 1.807) is 0 Å². The molecule has 8 N–H and O–H groups in total. The first-order chi connectivity index (χ1) is 17.5. The Labute approximate surface area is 213 Å². The minimum Gasteiger partial charge on any atom is -0.435 e. The maximum absolute atomic E-state index is 11.0. The molecule has 3 rings (SSSR count). The van der Waals surface area contributed by atoms with Gasteiger partial charge in [0.15, 0.2) is 31.1 Å². The monoisotopic (exact) mass is 562 g/mol. The van der Waals surface area contributed by atoms with Crippen LogP contribution in [-0.4, -0.2) is 153 Å². The molecule has 0 spiro atoms. The number of hydrogen-bond donors (Lipinski definition) is 8. The van der Waals surface area contributed by atoms with Gasteiger partial charge in [-0.15, -0.1) is 0 Å². The maximum atomic E-state index is 11.0. The van der Waals surface area contributed by atoms with Gasteiger partial charge in [0.25, 0.3) is 19.4 Å². The first-order valence-electron chi connectivity index (χ1n) is 10.5. The molecule has 3 heterocycles. The first kappa shape index (κ1) is 32.1. The molecule has 3 fully saturated rings. The van der Waals surface area contributed by atoms with E-state index in [0.29, 0.717) is 0 Å². The summed E-state index contributed by atoms with van der Waals surface area (Å²) in [6.45, 7) is -0.414. The third-order valence-corrected chi connectivity index (χ3v) is 5.70. The molecule has 0 aliphatic carbocycles. The standard InChI is InChI=1S/C18H26O19.CH4/c19-1-30-14-8(26)4(22)9(27)15(36-14)34-12-6(24)10(28)16(37-18(12)32-3-21)33-11-5(23)7(25)13(29)35-17(11)31-2-20;/h1-18,22-29H;1H4/t4?,5?,6?,7?,8-,9?,10+,11-,12-,13+,14?,15+,16+,17?,18?;/m0./s1. The summed E-state index contributed by atoms with van der Waals surface area (Å²) in [6, 6.07) is 0. The molecule has 220 valence electrons. The molecular weight excluding hydrogens is 532 g/mol. The van der Waals surface area contributed by atoms with Crippen molar-refractivity contribution in [3.63, 3.8) is 0 Å². The first-order valence-corrected chi connectivity index (χ1v) is 10.5. The Morgan fingerprint density at radius 1 is 0.447 bits per heavy atom. The van der Waals surface area contributed by atoms with Crippen molar-refractivity contribution >= 4 is 19.4 Å². The largest absolute Gasteiger partial charge is 0.435 e. The molecule has 0 radical (unpaired) electrons. The summed E-state index contributed by atoms with van der Waals surface area (Å²) in [5.74, 6) is 0. The van der Waals surface area contributed by atoms with Crippen molar-refractivity contribution in [1.82, 2.24) is 0 Å². The van der Waals surface area contributed by atoms with Crippen molar-refractivity contribution in [2.24, 2.45) is 0 Å². The highest BCUT2D eigenvalue weighted by Gasteiger charge is 2.54. The van der Waals surface area contributed by atoms with Crippen molar-refractivity contribution in [3.8, 4) is 0 Å². The van der Waals surface area contributed by atoms with Crippen molar-refractivity contribution in [2.45, 2.75) is 100 Å². The fourth-order valence-electron chi connectivity index (χ4n) is 3.76. The number of ether oxygens (including phenoxy) is 8. The highest BCUT2D eigenvalue weighted by Crippen LogP contribution is 2.32. The van der Waals surface area contributed by atoms with E-state index >= 15 is 0 Å². The van der Waals surface area contributed by atoms with Crippen LogP contribution in [0.3, 0.4) is 0 Å². The highest BCUT2D eigenvalue weighted by atomic mass is 16.8. The number of hydrogen-bond acceptors (Lipinski definition) is 19. The molecule has 0 amide bonds. The Morgan fingerprint density at radius 3 is 1.32 bits per heavy atom. The summed E-state index contributed by atoms with van der Waals surface area (Å²) in [5, 5.41) is 80.8. The second-order valence-electron chi connectivity index (χ2n) is 7.97. The Kier molecular flexibility index (Phi) is 11.7. The van der Waals surface area contributed by atoms with Gasteiger partial charge in [-0.25, -0.2) is 0 Å². The molecule has 8 unspecified atom stereocenters. The van der Waals surface area contributed by atoms with Crippen molar-refractivity contribution in [3.05, 3.63) is 0 Å². The zero-order chi connectivity index (χ0) is 27.4. The molecular formula is C19H30O19. The summed E-state index contributed by atoms with van der Waals surface area (Å²) in [7, 11) is 0. The summed E-state index contributed by atoms with van der Waals surface area (Å²) in [6.07, 6.45) is -29.2. The fourth-order valence-corrected chi connectivity index (χ4v) is 3.76. The summed E-state index contributed by atoms with van der Waals surface area (Å²) in [4.78, 5) is 32.4. The molecule has 0 bridgehead atoms. The van der Waals surface area contributed by atoms with Crippen molar-refractivity contribution < 1.29 is 93.1 Å². The van der Waals surface area contributed by atoms with Gasteiger partial charge in [-0.2, -0.15) is 0 Å². The number of aliphatic hydroxyl groups excluding tert-OH is 8. The van der Waals surface area contributed by atoms with Crippen LogP contribution in [0.4, 0.5) is 0 Å². The molecule has 0 aromatic heterocycles. The zero-order valence-electron chi connectivity index (χ0n) is 18.5. The number of carbonyl (C=O) groups is 3. The number of carbonyl (C=O) groups excluding carboxylic acids is 3. The van der Waals surface area contributed by atoms with E-state index in [-0.39, 0.29) is 26.8 Å². The van der Waals surface area contributed by atoms with Gasteiger partial charge >= 0.3 is 0 Å². The fraction of sp³-hybridized carbons (Fsp3) is 0.842. The summed E-state index contributed by atoms with van der Waals surface area (Å²) < 4.78 is 39.4. The van der Waals surface area contributed by atoms with Crippen LogP contribution in [0.25, 0.3) is 0 Å². The average molecular weight is 562 g/mol. The lowest BCUT2D eigenvalue weighted by molar-refractivity contribution is -0.412. The third kappa shape index (κ3) is 6.54. The van der Waals surface area contributed by atoms with E-state index in [0.717, 1.165) is 0 Å². The predicted molar refractivity (Wildman–Crippen MR) is 108 cm³/mol. The Balaban J connectivity index is 0.00000507. The molecule has 0 saturated carbocycles. The van der Waals surface area contributed by atoms with Crippen molar-refractivity contribution in [2.75, 3.05) is 0 Å². The van der Waals surface area contributed by atoms with Gasteiger partial charge in [0.05, 0.1) is 0 Å². The smallest absolute Gasteiger partial charge is 0.295 e. The van der Waals surface area contributed by atoms with Crippen LogP contribution in [0.15, 0.2) is 0 Å². The van der Waals surface area contributed by atoms with Crippen molar-refractivity contribution in [1.29, 1.82) is 0 Å². The summed E-state index contributed by atoms with van der Waals surface area (Å²) >= 11 is 0. The molecule has 3 saturated heterocycles. The molecule has 19 heteroatoms. The van der Waals surface area contributed by atoms with Crippen LogP contribution < -0.4 is 0 Å². The quantitative estimate of drug-likeness (QED) is 0.0906. The minimum absolute atomic E-state index is 0. The van der Waals surface area contributed by atoms with Crippen LogP contribution in [-0.2, 0) is 52.3 Å². The lowest BCUT2D eigenvalue weighted by Gasteiger charge is -2.46. The van der Waals surface area contributed by atoms with E-state index in [1.807, 2.05) is 0 Å². The second kappa shape index (κ2) is 13.8. The third-order valence-electron chi connectivity index (χ3n) is 5.70. The Hall–Kier alpha value is -2.11. The van der Waals surface area contributed by atoms with Gasteiger partial charge in [-0.3, -0.25) is 14.4 Å². The summed E-state index contributed by atoms with van der Waals surface area (Å²) in [5.41, 5.74) is 0. The maximum Gasteiger partial charge on any atom is 0.295 e. The average Bonchev–Trinajstić information content (AvgIpc) is 2.87. The van der Waals surface area contributed by atoms with Gasteiger partial charge in [0.1, 0.15) is 42.7 Å². The van der Waals surface area contributed by atoms with Crippen LogP contribution in [0.2, 0.25) is 0 Å². The van der Waals surface area contributed by atoms with Crippen LogP contribution in [0.1, 0.15) is 7.43 Å². The lowest BCUT2D eigenvalue weighted by Crippen LogP contribution is -2.66. The van der Waals surface area contributed by atoms with Crippen LogP contribution >= 0.6 is 0 Å². The van der Waals surface area contributed by atoms with E-state index in [1.165, 1.54) is 0 Å². The Morgan fingerprint density at radius 2 is 0.816 bits per heavy atom. The molecule has 38 heavy (non-hydrogen) atoms.